The van der Waals surface area contributed by atoms with E-state index in [-0.39, 0.29) is 5.91 Å². The fourth-order valence-electron chi connectivity index (χ4n) is 2.30. The Bertz CT molecular complexity index is 827. The molecule has 26 heavy (non-hydrogen) atoms. The predicted octanol–water partition coefficient (Wildman–Crippen LogP) is 3.54. The Hall–Kier alpha value is -3.22. The van der Waals surface area contributed by atoms with Crippen LogP contribution in [0.4, 0.5) is 5.69 Å². The summed E-state index contributed by atoms with van der Waals surface area (Å²) in [6, 6.07) is 14.4. The molecule has 0 atom stereocenters. The lowest BCUT2D eigenvalue weighted by molar-refractivity contribution is 0.102. The number of amides is 1. The highest BCUT2D eigenvalue weighted by atomic mass is 16.5. The lowest BCUT2D eigenvalue weighted by atomic mass is 10.1. The number of tetrazole rings is 1. The molecule has 0 saturated carbocycles. The molecule has 0 saturated heterocycles. The third-order valence-corrected chi connectivity index (χ3v) is 3.83. The van der Waals surface area contributed by atoms with Crippen molar-refractivity contribution in [1.29, 1.82) is 0 Å². The number of carbonyl (C=O) groups excluding carboxylic acids is 1. The number of nitrogens with zero attached hydrogens (tertiary/aromatic N) is 3. The molecule has 0 aliphatic carbocycles. The summed E-state index contributed by atoms with van der Waals surface area (Å²) < 4.78 is 5.68. The van der Waals surface area contributed by atoms with Gasteiger partial charge in [-0.2, -0.15) is 5.21 Å². The van der Waals surface area contributed by atoms with Crippen LogP contribution >= 0.6 is 0 Å². The fraction of sp³-hybridized carbons (Fsp3) is 0.263. The topological polar surface area (TPSA) is 92.8 Å². The first-order valence-corrected chi connectivity index (χ1v) is 8.50. The van der Waals surface area contributed by atoms with Gasteiger partial charge in [0.1, 0.15) is 5.75 Å². The Balaban J connectivity index is 1.57. The van der Waals surface area contributed by atoms with Gasteiger partial charge in [0.25, 0.3) is 5.91 Å². The monoisotopic (exact) mass is 351 g/mol. The van der Waals surface area contributed by atoms with Crippen LogP contribution in [0.2, 0.25) is 0 Å². The van der Waals surface area contributed by atoms with Crippen LogP contribution in [-0.4, -0.2) is 33.1 Å². The Morgan fingerprint density at radius 2 is 1.85 bits per heavy atom. The van der Waals surface area contributed by atoms with Gasteiger partial charge in [0.2, 0.25) is 5.82 Å². The number of hydrogen-bond acceptors (Lipinski definition) is 5. The zero-order chi connectivity index (χ0) is 18.4. The SMILES string of the molecule is CC(C)CCOc1ccc(NC(=O)c2ccc(-c3nn[nH]n3)cc2)cc1. The molecule has 0 aliphatic rings. The van der Waals surface area contributed by atoms with Gasteiger partial charge in [0.05, 0.1) is 6.61 Å². The molecule has 0 radical (unpaired) electrons. The average molecular weight is 351 g/mol. The molecule has 3 rings (SSSR count). The number of aromatic amines is 1. The molecule has 1 aromatic heterocycles. The summed E-state index contributed by atoms with van der Waals surface area (Å²) >= 11 is 0. The normalized spacial score (nSPS) is 10.7. The summed E-state index contributed by atoms with van der Waals surface area (Å²) in [6.45, 7) is 5.02. The summed E-state index contributed by atoms with van der Waals surface area (Å²) in [6.07, 6.45) is 1.01. The zero-order valence-corrected chi connectivity index (χ0v) is 14.8. The summed E-state index contributed by atoms with van der Waals surface area (Å²) in [5.74, 6) is 1.72. The van der Waals surface area contributed by atoms with Gasteiger partial charge in [0, 0.05) is 16.8 Å². The van der Waals surface area contributed by atoms with E-state index in [1.165, 1.54) is 0 Å². The molecule has 7 nitrogen and oxygen atoms in total. The summed E-state index contributed by atoms with van der Waals surface area (Å²) in [4.78, 5) is 12.4. The standard InChI is InChI=1S/C19H21N5O2/c1-13(2)11-12-26-17-9-7-16(8-10-17)20-19(25)15-5-3-14(4-6-15)18-21-23-24-22-18/h3-10,13H,11-12H2,1-2H3,(H,20,25)(H,21,22,23,24). The third kappa shape index (κ3) is 4.66. The number of anilines is 1. The highest BCUT2D eigenvalue weighted by molar-refractivity contribution is 6.04. The van der Waals surface area contributed by atoms with E-state index in [0.717, 1.165) is 17.7 Å². The van der Waals surface area contributed by atoms with Crippen molar-refractivity contribution >= 4 is 11.6 Å². The molecular formula is C19H21N5O2. The van der Waals surface area contributed by atoms with E-state index >= 15 is 0 Å². The maximum absolute atomic E-state index is 12.4. The van der Waals surface area contributed by atoms with E-state index in [0.29, 0.717) is 29.6 Å². The van der Waals surface area contributed by atoms with Gasteiger partial charge in [0.15, 0.2) is 0 Å². The van der Waals surface area contributed by atoms with Crippen LogP contribution in [0, 0.1) is 5.92 Å². The number of benzene rings is 2. The maximum Gasteiger partial charge on any atom is 0.255 e. The molecule has 1 amide bonds. The number of nitrogens with one attached hydrogen (secondary N) is 2. The van der Waals surface area contributed by atoms with Crippen molar-refractivity contribution in [3.63, 3.8) is 0 Å². The highest BCUT2D eigenvalue weighted by Gasteiger charge is 2.08. The Morgan fingerprint density at radius 1 is 1.12 bits per heavy atom. The number of H-pyrrole nitrogens is 1. The van der Waals surface area contributed by atoms with Crippen LogP contribution in [0.3, 0.4) is 0 Å². The van der Waals surface area contributed by atoms with Crippen LogP contribution in [0.15, 0.2) is 48.5 Å². The van der Waals surface area contributed by atoms with Crippen LogP contribution in [0.25, 0.3) is 11.4 Å². The minimum Gasteiger partial charge on any atom is -0.494 e. The van der Waals surface area contributed by atoms with Crippen LogP contribution < -0.4 is 10.1 Å². The lowest BCUT2D eigenvalue weighted by Crippen LogP contribution is -2.11. The van der Waals surface area contributed by atoms with Gasteiger partial charge >= 0.3 is 0 Å². The fourth-order valence-corrected chi connectivity index (χ4v) is 2.30. The van der Waals surface area contributed by atoms with E-state index in [1.54, 1.807) is 24.3 Å². The number of ether oxygens (including phenoxy) is 1. The van der Waals surface area contributed by atoms with Crippen molar-refractivity contribution in [2.45, 2.75) is 20.3 Å². The first kappa shape index (κ1) is 17.6. The molecule has 2 aromatic carbocycles. The van der Waals surface area contributed by atoms with Crippen molar-refractivity contribution < 1.29 is 9.53 Å². The predicted molar refractivity (Wildman–Crippen MR) is 99.0 cm³/mol. The summed E-state index contributed by atoms with van der Waals surface area (Å²) in [5.41, 5.74) is 2.06. The van der Waals surface area contributed by atoms with E-state index < -0.39 is 0 Å². The van der Waals surface area contributed by atoms with E-state index in [4.69, 9.17) is 4.74 Å². The van der Waals surface area contributed by atoms with Gasteiger partial charge in [-0.05, 0) is 54.0 Å². The van der Waals surface area contributed by atoms with Crippen LogP contribution in [0.1, 0.15) is 30.6 Å². The van der Waals surface area contributed by atoms with Gasteiger partial charge in [-0.15, -0.1) is 10.2 Å². The largest absolute Gasteiger partial charge is 0.494 e. The molecule has 134 valence electrons. The molecule has 3 aromatic rings. The second kappa shape index (κ2) is 8.24. The molecule has 0 fully saturated rings. The highest BCUT2D eigenvalue weighted by Crippen LogP contribution is 2.18. The van der Waals surface area contributed by atoms with Gasteiger partial charge in [-0.1, -0.05) is 26.0 Å². The third-order valence-electron chi connectivity index (χ3n) is 3.83. The molecular weight excluding hydrogens is 330 g/mol. The quantitative estimate of drug-likeness (QED) is 0.679. The molecule has 0 unspecified atom stereocenters. The molecule has 0 bridgehead atoms. The number of aromatic nitrogens is 4. The summed E-state index contributed by atoms with van der Waals surface area (Å²) in [5, 5.41) is 16.6. The summed E-state index contributed by atoms with van der Waals surface area (Å²) in [7, 11) is 0. The molecule has 7 heteroatoms. The second-order valence-corrected chi connectivity index (χ2v) is 6.32. The van der Waals surface area contributed by atoms with E-state index in [1.807, 2.05) is 24.3 Å². The first-order valence-electron chi connectivity index (χ1n) is 8.50. The van der Waals surface area contributed by atoms with Crippen molar-refractivity contribution in [2.75, 3.05) is 11.9 Å². The Kier molecular flexibility index (Phi) is 5.58. The van der Waals surface area contributed by atoms with Crippen molar-refractivity contribution in [2.24, 2.45) is 5.92 Å². The lowest BCUT2D eigenvalue weighted by Gasteiger charge is -2.09. The minimum absolute atomic E-state index is 0.182. The molecule has 1 heterocycles. The van der Waals surface area contributed by atoms with E-state index in [2.05, 4.69) is 39.8 Å². The van der Waals surface area contributed by atoms with E-state index in [9.17, 15) is 4.79 Å². The number of carbonyl (C=O) groups is 1. The van der Waals surface area contributed by atoms with Gasteiger partial charge < -0.3 is 10.1 Å². The maximum atomic E-state index is 12.4. The van der Waals surface area contributed by atoms with Crippen molar-refractivity contribution in [1.82, 2.24) is 20.6 Å². The van der Waals surface area contributed by atoms with Crippen LogP contribution in [-0.2, 0) is 0 Å². The van der Waals surface area contributed by atoms with Gasteiger partial charge in [-0.3, -0.25) is 4.79 Å². The Morgan fingerprint density at radius 3 is 2.46 bits per heavy atom. The van der Waals surface area contributed by atoms with Crippen molar-refractivity contribution in [3.8, 4) is 17.1 Å². The molecule has 2 N–H and O–H groups in total. The number of rotatable bonds is 7. The molecule has 0 spiro atoms. The Labute approximate surface area is 151 Å². The number of hydrogen-bond donors (Lipinski definition) is 2. The average Bonchev–Trinajstić information content (AvgIpc) is 3.18. The van der Waals surface area contributed by atoms with Crippen LogP contribution in [0.5, 0.6) is 5.75 Å². The second-order valence-electron chi connectivity index (χ2n) is 6.32. The van der Waals surface area contributed by atoms with Crippen molar-refractivity contribution in [3.05, 3.63) is 54.1 Å². The zero-order valence-electron chi connectivity index (χ0n) is 14.8. The molecule has 0 aliphatic heterocycles. The first-order chi connectivity index (χ1) is 12.6. The van der Waals surface area contributed by atoms with Gasteiger partial charge in [-0.25, -0.2) is 0 Å². The minimum atomic E-state index is -0.182. The smallest absolute Gasteiger partial charge is 0.255 e.